The van der Waals surface area contributed by atoms with Gasteiger partial charge in [0.05, 0.1) is 12.1 Å². The molecule has 19 heavy (non-hydrogen) atoms. The van der Waals surface area contributed by atoms with Crippen LogP contribution >= 0.6 is 0 Å². The monoisotopic (exact) mass is 262 g/mol. The Labute approximate surface area is 112 Å². The molecule has 1 fully saturated rings. The van der Waals surface area contributed by atoms with Gasteiger partial charge >= 0.3 is 0 Å². The van der Waals surface area contributed by atoms with E-state index >= 15 is 0 Å². The topological polar surface area (TPSA) is 104 Å². The van der Waals surface area contributed by atoms with Crippen molar-refractivity contribution in [2.24, 2.45) is 27.5 Å². The molecule has 0 saturated heterocycles. The van der Waals surface area contributed by atoms with Crippen LogP contribution in [0.25, 0.3) is 0 Å². The highest BCUT2D eigenvalue weighted by molar-refractivity contribution is 5.98. The molecule has 2 N–H and O–H groups in total. The summed E-state index contributed by atoms with van der Waals surface area (Å²) >= 11 is 0. The minimum absolute atomic E-state index is 0.154. The number of hydrogen-bond donors (Lipinski definition) is 1. The first kappa shape index (κ1) is 13.8. The Balaban J connectivity index is 2.52. The van der Waals surface area contributed by atoms with Crippen molar-refractivity contribution in [1.29, 1.82) is 10.5 Å². The highest BCUT2D eigenvalue weighted by Gasteiger charge is 2.92. The third-order valence-electron chi connectivity index (χ3n) is 4.51. The summed E-state index contributed by atoms with van der Waals surface area (Å²) in [7, 11) is 2.84. The Morgan fingerprint density at radius 3 is 2.37 bits per heavy atom. The Morgan fingerprint density at radius 2 is 1.95 bits per heavy atom. The van der Waals surface area contributed by atoms with E-state index in [9.17, 15) is 10.5 Å². The van der Waals surface area contributed by atoms with Gasteiger partial charge in [-0.1, -0.05) is 19.8 Å². The average Bonchev–Trinajstić information content (AvgIpc) is 2.98. The highest BCUT2D eigenvalue weighted by atomic mass is 16.7. The molecule has 0 amide bonds. The average molecular weight is 262 g/mol. The van der Waals surface area contributed by atoms with E-state index in [4.69, 9.17) is 15.2 Å². The van der Waals surface area contributed by atoms with E-state index in [1.165, 1.54) is 14.2 Å². The third-order valence-corrected chi connectivity index (χ3v) is 4.51. The number of nitrogens with two attached hydrogens (primary N) is 1. The maximum absolute atomic E-state index is 9.66. The summed E-state index contributed by atoms with van der Waals surface area (Å²) in [6, 6.07) is 4.42. The van der Waals surface area contributed by atoms with Gasteiger partial charge in [0.25, 0.3) is 5.91 Å². The second kappa shape index (κ2) is 4.19. The lowest BCUT2D eigenvalue weighted by atomic mass is 9.94. The van der Waals surface area contributed by atoms with Crippen molar-refractivity contribution in [2.45, 2.75) is 32.1 Å². The summed E-state index contributed by atoms with van der Waals surface area (Å²) in [4.78, 5) is 4.14. The molecule has 6 nitrogen and oxygen atoms in total. The van der Waals surface area contributed by atoms with E-state index in [-0.39, 0.29) is 11.8 Å². The lowest BCUT2D eigenvalue weighted by Crippen LogP contribution is -2.41. The maximum atomic E-state index is 9.66. The van der Waals surface area contributed by atoms with Crippen LogP contribution in [0.3, 0.4) is 0 Å². The van der Waals surface area contributed by atoms with Crippen molar-refractivity contribution < 1.29 is 9.47 Å². The van der Waals surface area contributed by atoms with Crippen molar-refractivity contribution in [3.05, 3.63) is 0 Å². The van der Waals surface area contributed by atoms with Crippen LogP contribution in [0.15, 0.2) is 4.99 Å². The van der Waals surface area contributed by atoms with Gasteiger partial charge in [0.1, 0.15) is 11.3 Å². The van der Waals surface area contributed by atoms with Gasteiger partial charge in [-0.15, -0.1) is 0 Å². The van der Waals surface area contributed by atoms with Gasteiger partial charge in [-0.2, -0.15) is 10.5 Å². The van der Waals surface area contributed by atoms with E-state index < -0.39 is 16.7 Å². The number of nitrogens with zero attached hydrogens (tertiary/aromatic N) is 3. The number of methoxy groups -OCH3 is 2. The lowest BCUT2D eigenvalue weighted by molar-refractivity contribution is -0.232. The van der Waals surface area contributed by atoms with E-state index in [0.29, 0.717) is 0 Å². The molecule has 1 heterocycles. The minimum Gasteiger partial charge on any atom is -0.386 e. The van der Waals surface area contributed by atoms with Gasteiger partial charge in [-0.25, -0.2) is 4.99 Å². The second-order valence-electron chi connectivity index (χ2n) is 5.02. The molecule has 0 spiro atoms. The molecule has 1 aliphatic heterocycles. The van der Waals surface area contributed by atoms with Crippen LogP contribution in [0.5, 0.6) is 0 Å². The largest absolute Gasteiger partial charge is 0.386 e. The van der Waals surface area contributed by atoms with Gasteiger partial charge in [0, 0.05) is 20.1 Å². The molecule has 0 unspecified atom stereocenters. The Morgan fingerprint density at radius 1 is 1.32 bits per heavy atom. The van der Waals surface area contributed by atoms with E-state index in [1.807, 2.05) is 0 Å². The molecule has 1 saturated carbocycles. The van der Waals surface area contributed by atoms with Gasteiger partial charge in [-0.05, 0) is 6.42 Å². The van der Waals surface area contributed by atoms with Gasteiger partial charge in [0.15, 0.2) is 5.41 Å². The van der Waals surface area contributed by atoms with Crippen molar-refractivity contribution in [3.63, 3.8) is 0 Å². The molecule has 3 atom stereocenters. The van der Waals surface area contributed by atoms with Crippen molar-refractivity contribution >= 4 is 5.84 Å². The molecular weight excluding hydrogens is 244 g/mol. The lowest BCUT2D eigenvalue weighted by Gasteiger charge is -2.29. The van der Waals surface area contributed by atoms with Crippen LogP contribution < -0.4 is 5.73 Å². The summed E-state index contributed by atoms with van der Waals surface area (Å²) < 4.78 is 10.7. The number of ether oxygens (including phenoxy) is 2. The molecule has 102 valence electrons. The van der Waals surface area contributed by atoms with Crippen LogP contribution in [-0.4, -0.2) is 26.0 Å². The Kier molecular flexibility index (Phi) is 3.04. The quantitative estimate of drug-likeness (QED) is 0.748. The summed E-state index contributed by atoms with van der Waals surface area (Å²) in [6.07, 6.45) is 2.65. The zero-order valence-corrected chi connectivity index (χ0v) is 11.4. The summed E-state index contributed by atoms with van der Waals surface area (Å²) in [5.74, 6) is -1.49. The van der Waals surface area contributed by atoms with Crippen LogP contribution in [0.2, 0.25) is 0 Å². The van der Waals surface area contributed by atoms with Crippen LogP contribution in [0.1, 0.15) is 26.2 Å². The van der Waals surface area contributed by atoms with E-state index in [2.05, 4.69) is 24.1 Å². The molecular formula is C13H18N4O2. The van der Waals surface area contributed by atoms with Crippen molar-refractivity contribution in [1.82, 2.24) is 0 Å². The molecule has 2 aliphatic rings. The standard InChI is InChI=1S/C13H18N4O2/c1-4-5-6-9-11(7-14)10(16)17-13(18-2,19-3)12(9,11)8-15/h9H,4-6H2,1-3H3,(H2,16,17)/t9-,11+,12+/m0/s1. The number of amidine groups is 1. The molecule has 0 aromatic carbocycles. The minimum atomic E-state index is -1.46. The molecule has 6 heteroatoms. The number of aliphatic imine (C=N–C) groups is 1. The molecule has 0 aromatic rings. The van der Waals surface area contributed by atoms with E-state index in [0.717, 1.165) is 19.3 Å². The fourth-order valence-electron chi connectivity index (χ4n) is 3.53. The molecule has 0 bridgehead atoms. The zero-order valence-electron chi connectivity index (χ0n) is 11.4. The number of fused-ring (bicyclic) bond motifs is 1. The van der Waals surface area contributed by atoms with Crippen LogP contribution in [0.4, 0.5) is 0 Å². The maximum Gasteiger partial charge on any atom is 0.292 e. The third kappa shape index (κ3) is 1.19. The van der Waals surface area contributed by atoms with Crippen LogP contribution in [-0.2, 0) is 9.47 Å². The van der Waals surface area contributed by atoms with Crippen molar-refractivity contribution in [2.75, 3.05) is 14.2 Å². The number of unbranched alkanes of at least 4 members (excludes halogenated alkanes) is 1. The molecule has 0 radical (unpaired) electrons. The predicted octanol–water partition coefficient (Wildman–Crippen LogP) is 1.14. The summed E-state index contributed by atoms with van der Waals surface area (Å²) in [5, 5.41) is 19.2. The second-order valence-corrected chi connectivity index (χ2v) is 5.02. The zero-order chi connectivity index (χ0) is 14.3. The number of nitriles is 2. The SMILES string of the molecule is CCCC[C@H]1[C@]2(C#N)C(N)=NC(OC)(OC)[C@]12C#N. The summed E-state index contributed by atoms with van der Waals surface area (Å²) in [5.41, 5.74) is 3.74. The van der Waals surface area contributed by atoms with Gasteiger partial charge in [0.2, 0.25) is 0 Å². The van der Waals surface area contributed by atoms with E-state index in [1.54, 1.807) is 0 Å². The predicted molar refractivity (Wildman–Crippen MR) is 67.5 cm³/mol. The Bertz CT molecular complexity index is 500. The summed E-state index contributed by atoms with van der Waals surface area (Å²) in [6.45, 7) is 2.06. The first-order valence-corrected chi connectivity index (χ1v) is 6.35. The van der Waals surface area contributed by atoms with Gasteiger partial charge in [-0.3, -0.25) is 0 Å². The Hall–Kier alpha value is -1.63. The molecule has 1 aliphatic carbocycles. The van der Waals surface area contributed by atoms with Crippen molar-refractivity contribution in [3.8, 4) is 12.1 Å². The first-order chi connectivity index (χ1) is 9.06. The number of rotatable bonds is 5. The van der Waals surface area contributed by atoms with Crippen LogP contribution in [0, 0.1) is 39.4 Å². The number of hydrogen-bond acceptors (Lipinski definition) is 6. The first-order valence-electron chi connectivity index (χ1n) is 6.35. The van der Waals surface area contributed by atoms with Gasteiger partial charge < -0.3 is 15.2 Å². The normalized spacial score (nSPS) is 37.9. The fourth-order valence-corrected chi connectivity index (χ4v) is 3.53. The molecule has 2 rings (SSSR count). The molecule has 0 aromatic heterocycles. The highest BCUT2D eigenvalue weighted by Crippen LogP contribution is 2.79. The smallest absolute Gasteiger partial charge is 0.292 e. The fraction of sp³-hybridized carbons (Fsp3) is 0.769.